The lowest BCUT2D eigenvalue weighted by Crippen LogP contribution is -2.29. The average molecular weight is 424 g/mol. The molecule has 3 aliphatic heterocycles. The zero-order valence-electron chi connectivity index (χ0n) is 16.2. The fourth-order valence-corrected chi connectivity index (χ4v) is 4.70. The number of nitrogens with zero attached hydrogens (tertiary/aromatic N) is 9. The average Bonchev–Trinajstić information content (AvgIpc) is 3.50. The van der Waals surface area contributed by atoms with E-state index in [2.05, 4.69) is 25.4 Å². The van der Waals surface area contributed by atoms with E-state index >= 15 is 0 Å². The highest BCUT2D eigenvalue weighted by atomic mass is 35.5. The van der Waals surface area contributed by atoms with Crippen molar-refractivity contribution in [2.24, 2.45) is 0 Å². The fourth-order valence-electron chi connectivity index (χ4n) is 4.51. The number of amides is 1. The molecule has 1 aromatic carbocycles. The number of fused-ring (bicyclic) bond motifs is 6. The second-order valence-corrected chi connectivity index (χ2v) is 8.03. The molecule has 30 heavy (non-hydrogen) atoms. The van der Waals surface area contributed by atoms with Crippen molar-refractivity contribution in [2.45, 2.75) is 25.8 Å². The van der Waals surface area contributed by atoms with Crippen molar-refractivity contribution in [2.75, 3.05) is 18.1 Å². The summed E-state index contributed by atoms with van der Waals surface area (Å²) >= 11 is 6.31. The van der Waals surface area contributed by atoms with Crippen molar-refractivity contribution >= 4 is 29.2 Å². The molecule has 0 spiro atoms. The predicted octanol–water partition coefficient (Wildman–Crippen LogP) is 2.21. The molecule has 152 valence electrons. The van der Waals surface area contributed by atoms with Crippen LogP contribution < -0.4 is 4.90 Å². The Hall–Kier alpha value is -3.40. The van der Waals surface area contributed by atoms with Gasteiger partial charge < -0.3 is 9.80 Å². The summed E-state index contributed by atoms with van der Waals surface area (Å²) < 4.78 is 5.15. The molecule has 1 saturated heterocycles. The zero-order chi connectivity index (χ0) is 20.4. The minimum absolute atomic E-state index is 0.0532. The lowest BCUT2D eigenvalue weighted by atomic mass is 10.1. The van der Waals surface area contributed by atoms with Crippen LogP contribution in [-0.4, -0.2) is 58.2 Å². The van der Waals surface area contributed by atoms with Crippen LogP contribution in [0.4, 0.5) is 5.69 Å². The summed E-state index contributed by atoms with van der Waals surface area (Å²) in [6, 6.07) is 7.97. The third-order valence-electron chi connectivity index (χ3n) is 5.83. The van der Waals surface area contributed by atoms with Gasteiger partial charge in [0.05, 0.1) is 24.1 Å². The Morgan fingerprint density at radius 2 is 2.07 bits per heavy atom. The molecule has 3 aromatic rings. The Bertz CT molecular complexity index is 1200. The van der Waals surface area contributed by atoms with Gasteiger partial charge in [0.1, 0.15) is 18.2 Å². The summed E-state index contributed by atoms with van der Waals surface area (Å²) in [5.74, 6) is 2.15. The molecule has 1 atom stereocenters. The smallest absolute Gasteiger partial charge is 0.259 e. The van der Waals surface area contributed by atoms with Gasteiger partial charge in [0.25, 0.3) is 5.95 Å². The fraction of sp³-hybridized carbons (Fsp3) is 0.316. The molecule has 1 fully saturated rings. The number of rotatable bonds is 2. The Morgan fingerprint density at radius 1 is 1.20 bits per heavy atom. The van der Waals surface area contributed by atoms with Gasteiger partial charge in [-0.3, -0.25) is 9.21 Å². The van der Waals surface area contributed by atoms with Gasteiger partial charge in [0, 0.05) is 30.8 Å². The molecule has 0 saturated carbocycles. The largest absolute Gasteiger partial charge is 0.334 e. The van der Waals surface area contributed by atoms with Crippen molar-refractivity contribution in [3.8, 4) is 17.3 Å². The molecule has 0 bridgehead atoms. The van der Waals surface area contributed by atoms with Crippen LogP contribution in [0.15, 0.2) is 36.7 Å². The SMILES string of the molecule is CC(=O)N1CCCC1c1cn(-c2nnc3n2C2=CN(Cl)CN2c2ccccc2-3)nn1. The van der Waals surface area contributed by atoms with E-state index < -0.39 is 0 Å². The van der Waals surface area contributed by atoms with Gasteiger partial charge in [0.15, 0.2) is 5.82 Å². The third-order valence-corrected chi connectivity index (χ3v) is 6.04. The molecule has 1 amide bonds. The van der Waals surface area contributed by atoms with E-state index in [-0.39, 0.29) is 11.9 Å². The number of hydrogen-bond donors (Lipinski definition) is 0. The summed E-state index contributed by atoms with van der Waals surface area (Å²) in [5, 5.41) is 17.5. The van der Waals surface area contributed by atoms with Crippen molar-refractivity contribution in [3.63, 3.8) is 0 Å². The molecule has 2 aromatic heterocycles. The number of aromatic nitrogens is 6. The predicted molar refractivity (Wildman–Crippen MR) is 109 cm³/mol. The Kier molecular flexibility index (Phi) is 3.66. The van der Waals surface area contributed by atoms with E-state index in [1.54, 1.807) is 16.0 Å². The van der Waals surface area contributed by atoms with E-state index in [4.69, 9.17) is 11.8 Å². The highest BCUT2D eigenvalue weighted by Gasteiger charge is 2.36. The van der Waals surface area contributed by atoms with Crippen LogP contribution in [0, 0.1) is 0 Å². The van der Waals surface area contributed by atoms with Crippen molar-refractivity contribution in [1.82, 2.24) is 39.1 Å². The van der Waals surface area contributed by atoms with Crippen LogP contribution >= 0.6 is 11.8 Å². The van der Waals surface area contributed by atoms with E-state index in [0.29, 0.717) is 12.6 Å². The third kappa shape index (κ3) is 2.40. The van der Waals surface area contributed by atoms with E-state index in [9.17, 15) is 4.79 Å². The standard InChI is InChI=1S/C19H18ClN9O/c1-12(30)26-8-4-7-16(26)14-9-28(24-21-14)19-23-22-18-13-5-2-3-6-15(13)27-11-25(20)10-17(27)29(18)19/h2-3,5-6,9-10,16H,4,7-8,11H2,1H3. The maximum atomic E-state index is 11.9. The molecule has 0 radical (unpaired) electrons. The minimum atomic E-state index is -0.0544. The maximum absolute atomic E-state index is 11.9. The molecular formula is C19H18ClN9O. The van der Waals surface area contributed by atoms with Gasteiger partial charge in [-0.15, -0.1) is 15.3 Å². The van der Waals surface area contributed by atoms with E-state index in [0.717, 1.165) is 48.0 Å². The lowest BCUT2D eigenvalue weighted by Gasteiger charge is -2.29. The van der Waals surface area contributed by atoms with Gasteiger partial charge in [-0.2, -0.15) is 4.68 Å². The van der Waals surface area contributed by atoms with Crippen molar-refractivity contribution in [1.29, 1.82) is 0 Å². The molecule has 6 rings (SSSR count). The first-order valence-electron chi connectivity index (χ1n) is 9.78. The second-order valence-electron chi connectivity index (χ2n) is 7.59. The number of hydrogen-bond acceptors (Lipinski definition) is 7. The van der Waals surface area contributed by atoms with Crippen LogP contribution in [-0.2, 0) is 4.79 Å². The summed E-state index contributed by atoms with van der Waals surface area (Å²) in [6.45, 7) is 2.86. The van der Waals surface area contributed by atoms with Crippen molar-refractivity contribution in [3.05, 3.63) is 42.4 Å². The molecule has 5 heterocycles. The molecule has 0 aliphatic carbocycles. The number of halogens is 1. The van der Waals surface area contributed by atoms with Crippen LogP contribution in [0.2, 0.25) is 0 Å². The first kappa shape index (κ1) is 17.5. The van der Waals surface area contributed by atoms with Gasteiger partial charge in [-0.25, -0.2) is 4.57 Å². The number of carbonyl (C=O) groups is 1. The highest BCUT2D eigenvalue weighted by molar-refractivity contribution is 6.15. The molecule has 10 nitrogen and oxygen atoms in total. The molecular weight excluding hydrogens is 406 g/mol. The Morgan fingerprint density at radius 3 is 2.93 bits per heavy atom. The second kappa shape index (κ2) is 6.30. The summed E-state index contributed by atoms with van der Waals surface area (Å²) in [4.78, 5) is 15.9. The number of anilines is 1. The molecule has 1 unspecified atom stereocenters. The monoisotopic (exact) mass is 423 g/mol. The summed E-state index contributed by atoms with van der Waals surface area (Å²) in [7, 11) is 0. The first-order chi connectivity index (χ1) is 14.6. The normalized spacial score (nSPS) is 19.6. The van der Waals surface area contributed by atoms with Gasteiger partial charge in [-0.05, 0) is 25.0 Å². The van der Waals surface area contributed by atoms with Gasteiger partial charge in [-0.1, -0.05) is 17.3 Å². The zero-order valence-corrected chi connectivity index (χ0v) is 16.9. The Labute approximate surface area is 177 Å². The van der Waals surface area contributed by atoms with Gasteiger partial charge >= 0.3 is 0 Å². The number of carbonyl (C=O) groups excluding carboxylic acids is 1. The minimum Gasteiger partial charge on any atom is -0.334 e. The molecule has 3 aliphatic rings. The molecule has 11 heteroatoms. The number of para-hydroxylation sites is 1. The van der Waals surface area contributed by atoms with E-state index in [1.807, 2.05) is 46.1 Å². The van der Waals surface area contributed by atoms with Crippen LogP contribution in [0.1, 0.15) is 31.5 Å². The molecule has 0 N–H and O–H groups in total. The topological polar surface area (TPSA) is 88.2 Å². The highest BCUT2D eigenvalue weighted by Crippen LogP contribution is 2.43. The van der Waals surface area contributed by atoms with Crippen LogP contribution in [0.5, 0.6) is 0 Å². The maximum Gasteiger partial charge on any atom is 0.259 e. The summed E-state index contributed by atoms with van der Waals surface area (Å²) in [6.07, 6.45) is 5.52. The van der Waals surface area contributed by atoms with Crippen molar-refractivity contribution < 1.29 is 4.79 Å². The van der Waals surface area contributed by atoms with Crippen LogP contribution in [0.25, 0.3) is 23.2 Å². The quantitative estimate of drug-likeness (QED) is 0.584. The number of benzene rings is 1. The summed E-state index contributed by atoms with van der Waals surface area (Å²) in [5.41, 5.74) is 2.76. The van der Waals surface area contributed by atoms with E-state index in [1.165, 1.54) is 0 Å². The lowest BCUT2D eigenvalue weighted by molar-refractivity contribution is -0.129. The number of likely N-dealkylation sites (tertiary alicyclic amines) is 1. The van der Waals surface area contributed by atoms with Crippen LogP contribution in [0.3, 0.4) is 0 Å². The van der Waals surface area contributed by atoms with Gasteiger partial charge in [0.2, 0.25) is 5.91 Å². The first-order valence-corrected chi connectivity index (χ1v) is 10.1. The Balaban J connectivity index is 1.46.